The van der Waals surface area contributed by atoms with Gasteiger partial charge in [0.05, 0.1) is 10.6 Å². The van der Waals surface area contributed by atoms with Crippen LogP contribution in [0.15, 0.2) is 66.7 Å². The van der Waals surface area contributed by atoms with Crippen molar-refractivity contribution in [3.8, 4) is 16.9 Å². The maximum atomic E-state index is 12.5. The van der Waals surface area contributed by atoms with Gasteiger partial charge < -0.3 is 9.47 Å². The van der Waals surface area contributed by atoms with E-state index in [1.807, 2.05) is 48.5 Å². The van der Waals surface area contributed by atoms with Gasteiger partial charge in [0.25, 0.3) is 0 Å². The van der Waals surface area contributed by atoms with Crippen LogP contribution in [0.4, 0.5) is 16.2 Å². The summed E-state index contributed by atoms with van der Waals surface area (Å²) < 4.78 is 10.6. The number of esters is 1. The lowest BCUT2D eigenvalue weighted by Gasteiger charge is -2.15. The van der Waals surface area contributed by atoms with Gasteiger partial charge in [0.1, 0.15) is 6.61 Å². The summed E-state index contributed by atoms with van der Waals surface area (Å²) in [6.45, 7) is 1.65. The monoisotopic (exact) mass is 432 g/mol. The number of fused-ring (bicyclic) bond motifs is 3. The quantitative estimate of drug-likeness (QED) is 0.246. The molecule has 0 aromatic heterocycles. The summed E-state index contributed by atoms with van der Waals surface area (Å²) in [6, 6.07) is 19.9. The highest BCUT2D eigenvalue weighted by atomic mass is 16.6. The number of carbonyl (C=O) groups excluding carboxylic acids is 2. The van der Waals surface area contributed by atoms with Crippen molar-refractivity contribution >= 4 is 23.4 Å². The van der Waals surface area contributed by atoms with Gasteiger partial charge in [0.2, 0.25) is 5.75 Å². The van der Waals surface area contributed by atoms with Gasteiger partial charge in [-0.2, -0.15) is 0 Å². The molecule has 1 aliphatic carbocycles. The Morgan fingerprint density at radius 2 is 1.59 bits per heavy atom. The Labute approximate surface area is 183 Å². The molecule has 4 rings (SSSR count). The number of carbonyl (C=O) groups is 2. The summed E-state index contributed by atoms with van der Waals surface area (Å²) in [7, 11) is 0. The van der Waals surface area contributed by atoms with E-state index in [-0.39, 0.29) is 30.4 Å². The highest BCUT2D eigenvalue weighted by Crippen LogP contribution is 2.44. The minimum absolute atomic E-state index is 0.0155. The molecule has 8 nitrogen and oxygen atoms in total. The molecule has 1 amide bonds. The van der Waals surface area contributed by atoms with E-state index in [9.17, 15) is 19.7 Å². The molecule has 0 atom stereocenters. The van der Waals surface area contributed by atoms with Crippen LogP contribution in [0.25, 0.3) is 11.1 Å². The zero-order valence-electron chi connectivity index (χ0n) is 17.2. The van der Waals surface area contributed by atoms with Crippen molar-refractivity contribution in [3.05, 3.63) is 88.0 Å². The van der Waals surface area contributed by atoms with Crippen LogP contribution in [0.3, 0.4) is 0 Å². The Hall–Kier alpha value is -4.20. The van der Waals surface area contributed by atoms with E-state index in [0.29, 0.717) is 0 Å². The molecule has 32 heavy (non-hydrogen) atoms. The minimum atomic E-state index is -0.804. The smallest absolute Gasteiger partial charge is 0.411 e. The second-order valence-corrected chi connectivity index (χ2v) is 7.19. The van der Waals surface area contributed by atoms with Crippen LogP contribution in [0.5, 0.6) is 5.75 Å². The number of anilines is 1. The van der Waals surface area contributed by atoms with Gasteiger partial charge >= 0.3 is 17.7 Å². The number of nitrogens with zero attached hydrogens (tertiary/aromatic N) is 1. The van der Waals surface area contributed by atoms with Gasteiger partial charge in [0.15, 0.2) is 0 Å². The van der Waals surface area contributed by atoms with Crippen molar-refractivity contribution in [2.45, 2.75) is 19.3 Å². The number of rotatable bonds is 6. The molecular formula is C24H20N2O6. The van der Waals surface area contributed by atoms with Crippen molar-refractivity contribution in [2.75, 3.05) is 11.9 Å². The number of nitrogens with one attached hydrogen (secondary N) is 1. The Bertz CT molecular complexity index is 1160. The van der Waals surface area contributed by atoms with Crippen molar-refractivity contribution in [1.29, 1.82) is 0 Å². The standard InChI is InChI=1S/C24H20N2O6/c1-2-22(27)32-23-20(12-7-13-21(23)26(29)30)25-24(28)31-14-19-17-10-5-3-8-15(17)16-9-4-6-11-18(16)19/h3-13,19H,2,14H2,1H3,(H,25,28). The number of hydrogen-bond acceptors (Lipinski definition) is 6. The van der Waals surface area contributed by atoms with E-state index in [2.05, 4.69) is 5.32 Å². The van der Waals surface area contributed by atoms with Gasteiger partial charge in [-0.1, -0.05) is 61.5 Å². The highest BCUT2D eigenvalue weighted by molar-refractivity contribution is 5.90. The molecule has 1 aliphatic rings. The predicted octanol–water partition coefficient (Wildman–Crippen LogP) is 5.27. The van der Waals surface area contributed by atoms with E-state index in [1.165, 1.54) is 18.2 Å². The maximum absolute atomic E-state index is 12.5. The summed E-state index contributed by atoms with van der Waals surface area (Å²) in [4.78, 5) is 34.9. The number of para-hydroxylation sites is 1. The number of benzene rings is 3. The van der Waals surface area contributed by atoms with E-state index in [4.69, 9.17) is 9.47 Å². The minimum Gasteiger partial charge on any atom is -0.448 e. The fourth-order valence-corrected chi connectivity index (χ4v) is 3.80. The molecule has 0 bridgehead atoms. The Kier molecular flexibility index (Phi) is 5.85. The first kappa shape index (κ1) is 21.0. The lowest BCUT2D eigenvalue weighted by Crippen LogP contribution is -2.19. The molecule has 0 saturated heterocycles. The van der Waals surface area contributed by atoms with E-state index in [0.717, 1.165) is 22.3 Å². The maximum Gasteiger partial charge on any atom is 0.411 e. The Morgan fingerprint density at radius 3 is 2.19 bits per heavy atom. The summed E-state index contributed by atoms with van der Waals surface area (Å²) >= 11 is 0. The second kappa shape index (κ2) is 8.89. The van der Waals surface area contributed by atoms with Crippen LogP contribution < -0.4 is 10.1 Å². The van der Waals surface area contributed by atoms with Crippen molar-refractivity contribution in [1.82, 2.24) is 0 Å². The third-order valence-corrected chi connectivity index (χ3v) is 5.28. The molecule has 0 aliphatic heterocycles. The average Bonchev–Trinajstić information content (AvgIpc) is 3.12. The van der Waals surface area contributed by atoms with Gasteiger partial charge in [-0.15, -0.1) is 0 Å². The molecule has 8 heteroatoms. The molecule has 1 N–H and O–H groups in total. The number of nitro benzene ring substituents is 1. The van der Waals surface area contributed by atoms with Crippen molar-refractivity contribution in [2.24, 2.45) is 0 Å². The normalized spacial score (nSPS) is 11.9. The molecule has 0 heterocycles. The molecule has 0 fully saturated rings. The lowest BCUT2D eigenvalue weighted by atomic mass is 9.98. The highest BCUT2D eigenvalue weighted by Gasteiger charge is 2.29. The van der Waals surface area contributed by atoms with E-state index in [1.54, 1.807) is 6.92 Å². The van der Waals surface area contributed by atoms with Crippen molar-refractivity contribution in [3.63, 3.8) is 0 Å². The van der Waals surface area contributed by atoms with Crippen LogP contribution in [-0.4, -0.2) is 23.6 Å². The zero-order chi connectivity index (χ0) is 22.7. The molecular weight excluding hydrogens is 412 g/mol. The molecule has 3 aromatic rings. The molecule has 3 aromatic carbocycles. The van der Waals surface area contributed by atoms with Crippen LogP contribution in [0, 0.1) is 10.1 Å². The molecule has 0 radical (unpaired) electrons. The summed E-state index contributed by atoms with van der Waals surface area (Å²) in [5, 5.41) is 13.8. The van der Waals surface area contributed by atoms with Crippen LogP contribution >= 0.6 is 0 Å². The van der Waals surface area contributed by atoms with E-state index < -0.39 is 22.7 Å². The summed E-state index contributed by atoms with van der Waals surface area (Å²) in [5.41, 5.74) is 3.89. The second-order valence-electron chi connectivity index (χ2n) is 7.19. The third-order valence-electron chi connectivity index (χ3n) is 5.28. The third kappa shape index (κ3) is 4.02. The number of nitro groups is 1. The first-order chi connectivity index (χ1) is 15.5. The van der Waals surface area contributed by atoms with Crippen molar-refractivity contribution < 1.29 is 24.0 Å². The first-order valence-corrected chi connectivity index (χ1v) is 10.1. The van der Waals surface area contributed by atoms with Crippen LogP contribution in [0.1, 0.15) is 30.4 Å². The van der Waals surface area contributed by atoms with Gasteiger partial charge in [-0.05, 0) is 28.3 Å². The fourth-order valence-electron chi connectivity index (χ4n) is 3.80. The van der Waals surface area contributed by atoms with Crippen LogP contribution in [0.2, 0.25) is 0 Å². The number of amides is 1. The zero-order valence-corrected chi connectivity index (χ0v) is 17.2. The van der Waals surface area contributed by atoms with Gasteiger partial charge in [-0.25, -0.2) is 4.79 Å². The number of ether oxygens (including phenoxy) is 2. The SMILES string of the molecule is CCC(=O)Oc1c(NC(=O)OCC2c3ccccc3-c3ccccc32)cccc1[N+](=O)[O-]. The van der Waals surface area contributed by atoms with Gasteiger partial charge in [-0.3, -0.25) is 20.2 Å². The Balaban J connectivity index is 1.53. The molecule has 0 saturated carbocycles. The lowest BCUT2D eigenvalue weighted by molar-refractivity contribution is -0.385. The summed E-state index contributed by atoms with van der Waals surface area (Å²) in [6.07, 6.45) is -0.780. The first-order valence-electron chi connectivity index (χ1n) is 10.1. The molecule has 0 unspecified atom stereocenters. The number of hydrogen-bond donors (Lipinski definition) is 1. The van der Waals surface area contributed by atoms with Crippen LogP contribution in [-0.2, 0) is 9.53 Å². The fraction of sp³-hybridized carbons (Fsp3) is 0.167. The van der Waals surface area contributed by atoms with Gasteiger partial charge in [0, 0.05) is 18.4 Å². The van der Waals surface area contributed by atoms with E-state index >= 15 is 0 Å². The Morgan fingerprint density at radius 1 is 0.969 bits per heavy atom. The largest absolute Gasteiger partial charge is 0.448 e. The topological polar surface area (TPSA) is 108 Å². The predicted molar refractivity (Wildman–Crippen MR) is 118 cm³/mol. The molecule has 162 valence electrons. The average molecular weight is 432 g/mol. The summed E-state index contributed by atoms with van der Waals surface area (Å²) in [5.74, 6) is -1.11. The molecule has 0 spiro atoms.